The normalized spacial score (nSPS) is 16.4. The van der Waals surface area contributed by atoms with Gasteiger partial charge in [0.15, 0.2) is 11.5 Å². The molecule has 1 N–H and O–H groups in total. The molecule has 0 bridgehead atoms. The summed E-state index contributed by atoms with van der Waals surface area (Å²) in [7, 11) is 3.33. The molecule has 1 aliphatic rings. The van der Waals surface area contributed by atoms with Crippen LogP contribution in [-0.2, 0) is 17.8 Å². The summed E-state index contributed by atoms with van der Waals surface area (Å²) in [6.45, 7) is 6.49. The molecule has 0 spiro atoms. The van der Waals surface area contributed by atoms with Crippen molar-refractivity contribution in [2.24, 2.45) is 5.92 Å². The number of amides is 1. The highest BCUT2D eigenvalue weighted by molar-refractivity contribution is 5.76. The van der Waals surface area contributed by atoms with E-state index in [2.05, 4.69) is 60.5 Å². The lowest BCUT2D eigenvalue weighted by Crippen LogP contribution is -2.42. The number of rotatable bonds is 8. The molecule has 5 nitrogen and oxygen atoms in total. The van der Waals surface area contributed by atoms with Crippen LogP contribution in [0, 0.1) is 5.92 Å². The van der Waals surface area contributed by atoms with Gasteiger partial charge in [-0.25, -0.2) is 0 Å². The van der Waals surface area contributed by atoms with Crippen molar-refractivity contribution in [3.05, 3.63) is 59.2 Å². The fourth-order valence-electron chi connectivity index (χ4n) is 3.98. The highest BCUT2D eigenvalue weighted by Crippen LogP contribution is 2.38. The van der Waals surface area contributed by atoms with Gasteiger partial charge in [0.1, 0.15) is 0 Å². The molecule has 2 aromatic rings. The van der Waals surface area contributed by atoms with Crippen LogP contribution in [0.25, 0.3) is 0 Å². The molecule has 0 saturated carbocycles. The molecule has 29 heavy (non-hydrogen) atoms. The van der Waals surface area contributed by atoms with Gasteiger partial charge in [-0.3, -0.25) is 9.69 Å². The van der Waals surface area contributed by atoms with Gasteiger partial charge in [0.2, 0.25) is 5.91 Å². The van der Waals surface area contributed by atoms with E-state index in [1.165, 1.54) is 16.7 Å². The second-order valence-corrected chi connectivity index (χ2v) is 8.03. The number of hydrogen-bond acceptors (Lipinski definition) is 4. The molecule has 1 aliphatic heterocycles. The fourth-order valence-corrected chi connectivity index (χ4v) is 3.98. The predicted octanol–water partition coefficient (Wildman–Crippen LogP) is 3.97. The first kappa shape index (κ1) is 21.2. The van der Waals surface area contributed by atoms with Gasteiger partial charge < -0.3 is 14.8 Å². The molecule has 3 rings (SSSR count). The van der Waals surface area contributed by atoms with Gasteiger partial charge >= 0.3 is 0 Å². The molecule has 1 atom stereocenters. The van der Waals surface area contributed by atoms with Crippen molar-refractivity contribution in [2.45, 2.75) is 39.3 Å². The minimum Gasteiger partial charge on any atom is -0.493 e. The monoisotopic (exact) mass is 396 g/mol. The highest BCUT2D eigenvalue weighted by atomic mass is 16.5. The molecule has 5 heteroatoms. The molecule has 1 amide bonds. The van der Waals surface area contributed by atoms with E-state index in [4.69, 9.17) is 9.47 Å². The van der Waals surface area contributed by atoms with Crippen molar-refractivity contribution in [3.63, 3.8) is 0 Å². The zero-order chi connectivity index (χ0) is 20.8. The summed E-state index contributed by atoms with van der Waals surface area (Å²) in [5, 5.41) is 3.15. The standard InChI is InChI=1S/C24H32N2O3/c1-17(2)12-24(27)25-15-21-20-14-23(29-4)22(28-3)13-19(20)10-11-26(21)16-18-8-6-5-7-9-18/h5-9,13-14,17,21H,10-12,15-16H2,1-4H3,(H,25,27). The summed E-state index contributed by atoms with van der Waals surface area (Å²) in [4.78, 5) is 14.8. The molecule has 0 fully saturated rings. The van der Waals surface area contributed by atoms with Gasteiger partial charge in [0.05, 0.1) is 20.3 Å². The topological polar surface area (TPSA) is 50.8 Å². The van der Waals surface area contributed by atoms with Gasteiger partial charge in [-0.15, -0.1) is 0 Å². The molecule has 1 unspecified atom stereocenters. The lowest BCUT2D eigenvalue weighted by molar-refractivity contribution is -0.122. The molecule has 0 aliphatic carbocycles. The molecule has 1 heterocycles. The summed E-state index contributed by atoms with van der Waals surface area (Å²) in [6, 6.07) is 14.7. The number of ether oxygens (including phenoxy) is 2. The molecule has 0 aromatic heterocycles. The maximum Gasteiger partial charge on any atom is 0.220 e. The third-order valence-corrected chi connectivity index (χ3v) is 5.43. The quantitative estimate of drug-likeness (QED) is 0.734. The third kappa shape index (κ3) is 5.30. The molecular weight excluding hydrogens is 364 g/mol. The van der Waals surface area contributed by atoms with Crippen molar-refractivity contribution in [3.8, 4) is 11.5 Å². The van der Waals surface area contributed by atoms with E-state index in [9.17, 15) is 4.79 Å². The Labute approximate surface area is 174 Å². The van der Waals surface area contributed by atoms with E-state index in [1.54, 1.807) is 14.2 Å². The average Bonchev–Trinajstić information content (AvgIpc) is 2.72. The number of fused-ring (bicyclic) bond motifs is 1. The number of nitrogens with zero attached hydrogens (tertiary/aromatic N) is 1. The van der Waals surface area contributed by atoms with Crippen LogP contribution >= 0.6 is 0 Å². The van der Waals surface area contributed by atoms with E-state index in [0.29, 0.717) is 18.9 Å². The van der Waals surface area contributed by atoms with Crippen molar-refractivity contribution in [1.29, 1.82) is 0 Å². The van der Waals surface area contributed by atoms with Gasteiger partial charge in [0, 0.05) is 26.1 Å². The van der Waals surface area contributed by atoms with Crippen LogP contribution in [0.4, 0.5) is 0 Å². The van der Waals surface area contributed by atoms with Gasteiger partial charge in [-0.1, -0.05) is 44.2 Å². The largest absolute Gasteiger partial charge is 0.493 e. The fraction of sp³-hybridized carbons (Fsp3) is 0.458. The van der Waals surface area contributed by atoms with Gasteiger partial charge in [-0.2, -0.15) is 0 Å². The van der Waals surface area contributed by atoms with Crippen LogP contribution < -0.4 is 14.8 Å². The SMILES string of the molecule is COc1cc2c(cc1OC)C(CNC(=O)CC(C)C)N(Cc1ccccc1)CC2. The summed E-state index contributed by atoms with van der Waals surface area (Å²) in [6.07, 6.45) is 1.49. The Morgan fingerprint density at radius 1 is 1.14 bits per heavy atom. The average molecular weight is 397 g/mol. The first-order chi connectivity index (χ1) is 14.0. The summed E-state index contributed by atoms with van der Waals surface area (Å²) < 4.78 is 11.0. The van der Waals surface area contributed by atoms with E-state index >= 15 is 0 Å². The Bertz CT molecular complexity index is 820. The van der Waals surface area contributed by atoms with Crippen LogP contribution in [0.1, 0.15) is 43.0 Å². The Balaban J connectivity index is 1.88. The van der Waals surface area contributed by atoms with E-state index in [1.807, 2.05) is 6.07 Å². The van der Waals surface area contributed by atoms with E-state index in [-0.39, 0.29) is 11.9 Å². The zero-order valence-electron chi connectivity index (χ0n) is 17.9. The number of carbonyl (C=O) groups excluding carboxylic acids is 1. The van der Waals surface area contributed by atoms with Crippen molar-refractivity contribution in [2.75, 3.05) is 27.3 Å². The first-order valence-electron chi connectivity index (χ1n) is 10.3. The summed E-state index contributed by atoms with van der Waals surface area (Å²) >= 11 is 0. The maximum atomic E-state index is 12.3. The Morgan fingerprint density at radius 2 is 1.83 bits per heavy atom. The van der Waals surface area contributed by atoms with Crippen LogP contribution in [0.5, 0.6) is 11.5 Å². The van der Waals surface area contributed by atoms with Crippen molar-refractivity contribution < 1.29 is 14.3 Å². The highest BCUT2D eigenvalue weighted by Gasteiger charge is 2.29. The second kappa shape index (κ2) is 9.79. The minimum atomic E-state index is 0.0925. The number of nitrogens with one attached hydrogen (secondary N) is 1. The van der Waals surface area contributed by atoms with Crippen molar-refractivity contribution >= 4 is 5.91 Å². The van der Waals surface area contributed by atoms with Crippen LogP contribution in [0.2, 0.25) is 0 Å². The van der Waals surface area contributed by atoms with E-state index in [0.717, 1.165) is 31.0 Å². The molecular formula is C24H32N2O3. The molecule has 156 valence electrons. The third-order valence-electron chi connectivity index (χ3n) is 5.43. The van der Waals surface area contributed by atoms with Gasteiger partial charge in [0.25, 0.3) is 0 Å². The Hall–Kier alpha value is -2.53. The van der Waals surface area contributed by atoms with Gasteiger partial charge in [-0.05, 0) is 41.2 Å². The summed E-state index contributed by atoms with van der Waals surface area (Å²) in [5.74, 6) is 1.93. The smallest absolute Gasteiger partial charge is 0.220 e. The van der Waals surface area contributed by atoms with Crippen LogP contribution in [0.15, 0.2) is 42.5 Å². The van der Waals surface area contributed by atoms with Crippen LogP contribution in [0.3, 0.4) is 0 Å². The van der Waals surface area contributed by atoms with E-state index < -0.39 is 0 Å². The molecule has 2 aromatic carbocycles. The Kier molecular flexibility index (Phi) is 7.15. The Morgan fingerprint density at radius 3 is 2.48 bits per heavy atom. The minimum absolute atomic E-state index is 0.0925. The maximum absolute atomic E-state index is 12.3. The lowest BCUT2D eigenvalue weighted by Gasteiger charge is -2.38. The van der Waals surface area contributed by atoms with Crippen molar-refractivity contribution in [1.82, 2.24) is 10.2 Å². The number of hydrogen-bond donors (Lipinski definition) is 1. The molecule has 0 radical (unpaired) electrons. The first-order valence-corrected chi connectivity index (χ1v) is 10.3. The lowest BCUT2D eigenvalue weighted by atomic mass is 9.91. The second-order valence-electron chi connectivity index (χ2n) is 8.03. The summed E-state index contributed by atoms with van der Waals surface area (Å²) in [5.41, 5.74) is 3.74. The zero-order valence-corrected chi connectivity index (χ0v) is 17.9. The molecule has 0 saturated heterocycles. The van der Waals surface area contributed by atoms with Crippen LogP contribution in [-0.4, -0.2) is 38.1 Å². The number of benzene rings is 2. The predicted molar refractivity (Wildman–Crippen MR) is 115 cm³/mol. The number of carbonyl (C=O) groups is 1. The number of methoxy groups -OCH3 is 2.